The normalized spacial score (nSPS) is 10.4. The summed E-state index contributed by atoms with van der Waals surface area (Å²) in [5.74, 6) is 0.431. The predicted octanol–water partition coefficient (Wildman–Crippen LogP) is 3.57. The number of nitrogens with zero attached hydrogens (tertiary/aromatic N) is 2. The fourth-order valence-corrected chi connectivity index (χ4v) is 2.66. The van der Waals surface area contributed by atoms with E-state index in [-0.39, 0.29) is 5.91 Å². The Hall–Kier alpha value is -0.730. The number of amides is 1. The van der Waals surface area contributed by atoms with E-state index < -0.39 is 0 Å². The third-order valence-corrected chi connectivity index (χ3v) is 4.20. The average molecular weight is 408 g/mol. The molecule has 0 aliphatic heterocycles. The number of aromatic nitrogens is 2. The van der Waals surface area contributed by atoms with Gasteiger partial charge in [0.15, 0.2) is 0 Å². The number of benzene rings is 1. The number of hydrogen-bond acceptors (Lipinski definition) is 4. The second-order valence-corrected chi connectivity index (χ2v) is 6.44. The first-order valence-corrected chi connectivity index (χ1v) is 8.07. The smallest absolute Gasteiger partial charge is 0.257 e. The minimum atomic E-state index is -0.170. The van der Waals surface area contributed by atoms with E-state index in [1.807, 2.05) is 12.1 Å². The van der Waals surface area contributed by atoms with Crippen LogP contribution >= 0.6 is 45.5 Å². The van der Waals surface area contributed by atoms with Gasteiger partial charge in [-0.25, -0.2) is 0 Å². The van der Waals surface area contributed by atoms with Gasteiger partial charge in [0.2, 0.25) is 5.13 Å². The van der Waals surface area contributed by atoms with Gasteiger partial charge < -0.3 is 0 Å². The molecule has 0 saturated heterocycles. The maximum atomic E-state index is 12.0. The van der Waals surface area contributed by atoms with Gasteiger partial charge in [-0.2, -0.15) is 0 Å². The number of alkyl halides is 1. The van der Waals surface area contributed by atoms with E-state index in [0.29, 0.717) is 16.6 Å². The van der Waals surface area contributed by atoms with Gasteiger partial charge in [-0.15, -0.1) is 21.8 Å². The summed E-state index contributed by atoms with van der Waals surface area (Å²) in [6, 6.07) is 7.35. The van der Waals surface area contributed by atoms with E-state index in [1.54, 1.807) is 12.1 Å². The van der Waals surface area contributed by atoms with E-state index in [9.17, 15) is 4.79 Å². The first-order valence-electron chi connectivity index (χ1n) is 5.64. The lowest BCUT2D eigenvalue weighted by Gasteiger charge is -2.00. The fourth-order valence-electron chi connectivity index (χ4n) is 1.39. The lowest BCUT2D eigenvalue weighted by atomic mass is 10.2. The van der Waals surface area contributed by atoms with Crippen LogP contribution in [0.4, 0.5) is 5.13 Å². The maximum absolute atomic E-state index is 12.0. The summed E-state index contributed by atoms with van der Waals surface area (Å²) in [6.45, 7) is 0. The molecule has 1 heterocycles. The highest BCUT2D eigenvalue weighted by molar-refractivity contribution is 14.1. The number of aryl methyl sites for hydroxylation is 1. The third-order valence-electron chi connectivity index (χ3n) is 2.32. The predicted molar refractivity (Wildman–Crippen MR) is 86.1 cm³/mol. The molecular weight excluding hydrogens is 397 g/mol. The zero-order chi connectivity index (χ0) is 13.7. The fraction of sp³-hybridized carbons (Fsp3) is 0.250. The summed E-state index contributed by atoms with van der Waals surface area (Å²) in [5, 5.41) is 12.1. The van der Waals surface area contributed by atoms with Crippen molar-refractivity contribution >= 4 is 56.6 Å². The van der Waals surface area contributed by atoms with Crippen molar-refractivity contribution in [3.05, 3.63) is 38.4 Å². The van der Waals surface area contributed by atoms with Crippen molar-refractivity contribution in [1.82, 2.24) is 10.2 Å². The van der Waals surface area contributed by atoms with Crippen LogP contribution in [0.15, 0.2) is 24.3 Å². The van der Waals surface area contributed by atoms with Gasteiger partial charge in [0.25, 0.3) is 5.91 Å². The van der Waals surface area contributed by atoms with Gasteiger partial charge in [-0.05, 0) is 53.3 Å². The van der Waals surface area contributed by atoms with E-state index >= 15 is 0 Å². The minimum absolute atomic E-state index is 0.170. The van der Waals surface area contributed by atoms with Crippen LogP contribution in [0, 0.1) is 3.57 Å². The number of nitrogens with one attached hydrogen (secondary N) is 1. The van der Waals surface area contributed by atoms with Gasteiger partial charge in [-0.1, -0.05) is 11.3 Å². The lowest BCUT2D eigenvalue weighted by Crippen LogP contribution is -2.11. The van der Waals surface area contributed by atoms with Crippen LogP contribution in [0.1, 0.15) is 21.8 Å². The first-order chi connectivity index (χ1) is 9.19. The van der Waals surface area contributed by atoms with E-state index in [0.717, 1.165) is 21.4 Å². The van der Waals surface area contributed by atoms with Crippen molar-refractivity contribution in [2.24, 2.45) is 0 Å². The Morgan fingerprint density at radius 3 is 2.74 bits per heavy atom. The van der Waals surface area contributed by atoms with E-state index in [1.165, 1.54) is 11.3 Å². The van der Waals surface area contributed by atoms with Crippen molar-refractivity contribution < 1.29 is 4.79 Å². The number of halogens is 2. The molecule has 0 radical (unpaired) electrons. The topological polar surface area (TPSA) is 54.9 Å². The molecule has 0 fully saturated rings. The molecule has 0 aliphatic rings. The maximum Gasteiger partial charge on any atom is 0.257 e. The molecule has 1 aromatic carbocycles. The number of hydrogen-bond donors (Lipinski definition) is 1. The molecule has 2 rings (SSSR count). The van der Waals surface area contributed by atoms with Crippen molar-refractivity contribution in [2.45, 2.75) is 12.8 Å². The van der Waals surface area contributed by atoms with Gasteiger partial charge >= 0.3 is 0 Å². The number of carbonyl (C=O) groups excluding carboxylic acids is 1. The molecule has 1 aromatic heterocycles. The van der Waals surface area contributed by atoms with Crippen LogP contribution in [0.25, 0.3) is 0 Å². The Labute approximate surface area is 133 Å². The number of carbonyl (C=O) groups is 1. The summed E-state index contributed by atoms with van der Waals surface area (Å²) in [5.41, 5.74) is 0.609. The summed E-state index contributed by atoms with van der Waals surface area (Å²) in [6.07, 6.45) is 1.65. The zero-order valence-corrected chi connectivity index (χ0v) is 13.6. The van der Waals surface area contributed by atoms with Gasteiger partial charge in [0, 0.05) is 21.4 Å². The van der Waals surface area contributed by atoms with Crippen LogP contribution in [-0.2, 0) is 6.42 Å². The van der Waals surface area contributed by atoms with Gasteiger partial charge in [-0.3, -0.25) is 10.1 Å². The van der Waals surface area contributed by atoms with Gasteiger partial charge in [0.05, 0.1) is 0 Å². The molecule has 0 saturated carbocycles. The highest BCUT2D eigenvalue weighted by atomic mass is 127. The van der Waals surface area contributed by atoms with Crippen molar-refractivity contribution in [3.63, 3.8) is 0 Å². The minimum Gasteiger partial charge on any atom is -0.296 e. The monoisotopic (exact) mass is 407 g/mol. The van der Waals surface area contributed by atoms with Crippen LogP contribution in [-0.4, -0.2) is 22.0 Å². The van der Waals surface area contributed by atoms with Crippen LogP contribution in [0.2, 0.25) is 0 Å². The molecular formula is C12H11ClIN3OS. The summed E-state index contributed by atoms with van der Waals surface area (Å²) in [4.78, 5) is 12.0. The summed E-state index contributed by atoms with van der Waals surface area (Å²) in [7, 11) is 0. The molecule has 0 aliphatic carbocycles. The summed E-state index contributed by atoms with van der Waals surface area (Å²) < 4.78 is 1.09. The molecule has 1 amide bonds. The second kappa shape index (κ2) is 7.16. The third kappa shape index (κ3) is 4.39. The second-order valence-electron chi connectivity index (χ2n) is 3.75. The number of rotatable bonds is 5. The van der Waals surface area contributed by atoms with Gasteiger partial charge in [0.1, 0.15) is 5.01 Å². The highest BCUT2D eigenvalue weighted by Crippen LogP contribution is 2.18. The van der Waals surface area contributed by atoms with E-state index in [4.69, 9.17) is 11.6 Å². The zero-order valence-electron chi connectivity index (χ0n) is 9.90. The van der Waals surface area contributed by atoms with E-state index in [2.05, 4.69) is 38.1 Å². The largest absolute Gasteiger partial charge is 0.296 e. The number of anilines is 1. The summed E-state index contributed by atoms with van der Waals surface area (Å²) >= 11 is 9.20. The SMILES string of the molecule is O=C(Nc1nnc(CCCCl)s1)c1ccc(I)cc1. The molecule has 0 atom stereocenters. The van der Waals surface area contributed by atoms with Crippen molar-refractivity contribution in [3.8, 4) is 0 Å². The molecule has 0 unspecified atom stereocenters. The molecule has 4 nitrogen and oxygen atoms in total. The molecule has 2 aromatic rings. The molecule has 1 N–H and O–H groups in total. The molecule has 19 heavy (non-hydrogen) atoms. The Morgan fingerprint density at radius 1 is 1.32 bits per heavy atom. The Bertz CT molecular complexity index is 558. The lowest BCUT2D eigenvalue weighted by molar-refractivity contribution is 0.102. The van der Waals surface area contributed by atoms with Crippen molar-refractivity contribution in [1.29, 1.82) is 0 Å². The van der Waals surface area contributed by atoms with Crippen LogP contribution in [0.3, 0.4) is 0 Å². The van der Waals surface area contributed by atoms with Crippen molar-refractivity contribution in [2.75, 3.05) is 11.2 Å². The Kier molecular flexibility index (Phi) is 5.53. The highest BCUT2D eigenvalue weighted by Gasteiger charge is 2.09. The molecule has 0 spiro atoms. The quantitative estimate of drug-likeness (QED) is 0.609. The standard InChI is InChI=1S/C12H11ClIN3OS/c13-7-1-2-10-16-17-12(19-10)15-11(18)8-3-5-9(14)6-4-8/h3-6H,1-2,7H2,(H,15,17,18). The van der Waals surface area contributed by atoms with Crippen LogP contribution in [0.5, 0.6) is 0 Å². The Balaban J connectivity index is 1.98. The molecule has 7 heteroatoms. The first kappa shape index (κ1) is 14.7. The average Bonchev–Trinajstić information content (AvgIpc) is 2.84. The Morgan fingerprint density at radius 2 is 2.05 bits per heavy atom. The molecule has 100 valence electrons. The molecule has 0 bridgehead atoms. The van der Waals surface area contributed by atoms with Crippen LogP contribution < -0.4 is 5.32 Å².